The van der Waals surface area contributed by atoms with E-state index in [9.17, 15) is 18.0 Å². The standard InChI is InChI=1S/C19H28ClN3O5S/c1-19(2,3)22-17(24)12-23(4)18(25)13-7-8-15(20)16(10-13)29(26,27)21-11-14-6-5-9-28-14/h7-8,10,14,21H,5-6,9,11-12H2,1-4H3,(H,22,24). The molecule has 1 saturated heterocycles. The molecule has 8 nitrogen and oxygen atoms in total. The van der Waals surface area contributed by atoms with Gasteiger partial charge in [0.2, 0.25) is 15.9 Å². The Morgan fingerprint density at radius 3 is 2.59 bits per heavy atom. The van der Waals surface area contributed by atoms with Crippen LogP contribution in [0.4, 0.5) is 0 Å². The summed E-state index contributed by atoms with van der Waals surface area (Å²) in [4.78, 5) is 25.8. The average Bonchev–Trinajstić information content (AvgIpc) is 3.11. The third kappa shape index (κ3) is 6.95. The molecular formula is C19H28ClN3O5S. The molecule has 10 heteroatoms. The van der Waals surface area contributed by atoms with Gasteiger partial charge in [-0.05, 0) is 51.8 Å². The summed E-state index contributed by atoms with van der Waals surface area (Å²) in [7, 11) is -2.44. The Balaban J connectivity index is 2.12. The van der Waals surface area contributed by atoms with Crippen LogP contribution in [0.1, 0.15) is 44.0 Å². The number of carbonyl (C=O) groups is 2. The summed E-state index contributed by atoms with van der Waals surface area (Å²) in [6, 6.07) is 4.01. The van der Waals surface area contributed by atoms with Gasteiger partial charge >= 0.3 is 0 Å². The Labute approximate surface area is 177 Å². The van der Waals surface area contributed by atoms with Crippen LogP contribution in [0.5, 0.6) is 0 Å². The third-order valence-electron chi connectivity index (χ3n) is 4.23. The summed E-state index contributed by atoms with van der Waals surface area (Å²) in [6.07, 6.45) is 1.52. The molecule has 162 valence electrons. The van der Waals surface area contributed by atoms with Crippen molar-refractivity contribution < 1.29 is 22.7 Å². The topological polar surface area (TPSA) is 105 Å². The van der Waals surface area contributed by atoms with Gasteiger partial charge in [0.1, 0.15) is 4.90 Å². The SMILES string of the molecule is CN(CC(=O)NC(C)(C)C)C(=O)c1ccc(Cl)c(S(=O)(=O)NCC2CCCO2)c1. The quantitative estimate of drug-likeness (QED) is 0.665. The van der Waals surface area contributed by atoms with Crippen molar-refractivity contribution in [2.45, 2.75) is 50.2 Å². The van der Waals surface area contributed by atoms with Crippen LogP contribution in [0.15, 0.2) is 23.1 Å². The minimum atomic E-state index is -3.92. The molecule has 2 rings (SSSR count). The van der Waals surface area contributed by atoms with E-state index in [0.29, 0.717) is 6.61 Å². The lowest BCUT2D eigenvalue weighted by molar-refractivity contribution is -0.122. The van der Waals surface area contributed by atoms with Crippen LogP contribution in [0.3, 0.4) is 0 Å². The van der Waals surface area contributed by atoms with Crippen molar-refractivity contribution in [2.75, 3.05) is 26.7 Å². The predicted molar refractivity (Wildman–Crippen MR) is 110 cm³/mol. The second-order valence-corrected chi connectivity index (χ2v) is 10.2. The largest absolute Gasteiger partial charge is 0.377 e. The van der Waals surface area contributed by atoms with Gasteiger partial charge in [-0.3, -0.25) is 9.59 Å². The van der Waals surface area contributed by atoms with E-state index in [0.717, 1.165) is 12.8 Å². The Kier molecular flexibility index (Phi) is 7.67. The van der Waals surface area contributed by atoms with E-state index in [-0.39, 0.29) is 40.6 Å². The number of hydrogen-bond acceptors (Lipinski definition) is 5. The first-order chi connectivity index (χ1) is 13.4. The molecule has 2 N–H and O–H groups in total. The molecule has 0 aliphatic carbocycles. The van der Waals surface area contributed by atoms with Crippen LogP contribution in [-0.2, 0) is 19.6 Å². The van der Waals surface area contributed by atoms with Crippen molar-refractivity contribution in [1.29, 1.82) is 0 Å². The molecule has 0 saturated carbocycles. The Bertz CT molecular complexity index is 861. The number of nitrogens with one attached hydrogen (secondary N) is 2. The molecule has 29 heavy (non-hydrogen) atoms. The van der Waals surface area contributed by atoms with Crippen molar-refractivity contribution in [1.82, 2.24) is 14.9 Å². The molecule has 1 heterocycles. The van der Waals surface area contributed by atoms with Crippen LogP contribution in [0, 0.1) is 0 Å². The fourth-order valence-electron chi connectivity index (χ4n) is 2.89. The zero-order chi connectivity index (χ0) is 21.8. The van der Waals surface area contributed by atoms with E-state index >= 15 is 0 Å². The number of rotatable bonds is 7. The zero-order valence-corrected chi connectivity index (χ0v) is 18.7. The molecule has 2 amide bonds. The molecule has 0 aromatic heterocycles. The first-order valence-corrected chi connectivity index (χ1v) is 11.2. The zero-order valence-electron chi connectivity index (χ0n) is 17.1. The maximum atomic E-state index is 12.7. The molecule has 1 atom stereocenters. The van der Waals surface area contributed by atoms with E-state index in [1.165, 1.54) is 30.1 Å². The molecule has 1 aromatic carbocycles. The number of halogens is 1. The summed E-state index contributed by atoms with van der Waals surface area (Å²) in [5.41, 5.74) is -0.296. The van der Waals surface area contributed by atoms with E-state index in [2.05, 4.69) is 10.0 Å². The van der Waals surface area contributed by atoms with Gasteiger partial charge in [0.25, 0.3) is 5.91 Å². The second kappa shape index (κ2) is 9.42. The van der Waals surface area contributed by atoms with Gasteiger partial charge in [0.15, 0.2) is 0 Å². The molecular weight excluding hydrogens is 418 g/mol. The lowest BCUT2D eigenvalue weighted by atomic mass is 10.1. The van der Waals surface area contributed by atoms with Crippen molar-refractivity contribution in [3.63, 3.8) is 0 Å². The minimum absolute atomic E-state index is 0.00881. The fourth-order valence-corrected chi connectivity index (χ4v) is 4.48. The first kappa shape index (κ1) is 23.6. The summed E-state index contributed by atoms with van der Waals surface area (Å²) in [6.45, 7) is 6.13. The Morgan fingerprint density at radius 2 is 2.00 bits per heavy atom. The Morgan fingerprint density at radius 1 is 1.31 bits per heavy atom. The molecule has 0 spiro atoms. The van der Waals surface area contributed by atoms with Crippen LogP contribution < -0.4 is 10.0 Å². The third-order valence-corrected chi connectivity index (χ3v) is 6.14. The highest BCUT2D eigenvalue weighted by Crippen LogP contribution is 2.23. The maximum absolute atomic E-state index is 12.7. The highest BCUT2D eigenvalue weighted by atomic mass is 35.5. The summed E-state index contributed by atoms with van der Waals surface area (Å²) >= 11 is 6.08. The van der Waals surface area contributed by atoms with E-state index in [4.69, 9.17) is 16.3 Å². The highest BCUT2D eigenvalue weighted by molar-refractivity contribution is 7.89. The highest BCUT2D eigenvalue weighted by Gasteiger charge is 2.25. The molecule has 1 fully saturated rings. The number of hydrogen-bond donors (Lipinski definition) is 2. The molecule has 1 unspecified atom stereocenters. The van der Waals surface area contributed by atoms with Gasteiger partial charge in [-0.2, -0.15) is 0 Å². The number of ether oxygens (including phenoxy) is 1. The smallest absolute Gasteiger partial charge is 0.254 e. The van der Waals surface area contributed by atoms with Crippen molar-refractivity contribution >= 4 is 33.4 Å². The number of sulfonamides is 1. The maximum Gasteiger partial charge on any atom is 0.254 e. The molecule has 1 aromatic rings. The summed E-state index contributed by atoms with van der Waals surface area (Å²) in [5.74, 6) is -0.797. The summed E-state index contributed by atoms with van der Waals surface area (Å²) in [5, 5.41) is 2.78. The van der Waals surface area contributed by atoms with Gasteiger partial charge in [0, 0.05) is 31.3 Å². The number of amides is 2. The number of likely N-dealkylation sites (N-methyl/N-ethyl adjacent to an activating group) is 1. The van der Waals surface area contributed by atoms with Gasteiger partial charge in [-0.1, -0.05) is 11.6 Å². The van der Waals surface area contributed by atoms with Crippen LogP contribution in [-0.4, -0.2) is 63.5 Å². The second-order valence-electron chi connectivity index (χ2n) is 8.09. The van der Waals surface area contributed by atoms with Crippen LogP contribution in [0.2, 0.25) is 5.02 Å². The number of nitrogens with zero attached hydrogens (tertiary/aromatic N) is 1. The van der Waals surface area contributed by atoms with Gasteiger partial charge in [-0.15, -0.1) is 0 Å². The lowest BCUT2D eigenvalue weighted by Crippen LogP contribution is -2.46. The number of benzene rings is 1. The van der Waals surface area contributed by atoms with Crippen LogP contribution in [0.25, 0.3) is 0 Å². The lowest BCUT2D eigenvalue weighted by Gasteiger charge is -2.23. The van der Waals surface area contributed by atoms with Crippen LogP contribution >= 0.6 is 11.6 Å². The summed E-state index contributed by atoms with van der Waals surface area (Å²) < 4.78 is 33.2. The number of carbonyl (C=O) groups excluding carboxylic acids is 2. The molecule has 1 aliphatic heterocycles. The normalized spacial score (nSPS) is 17.2. The fraction of sp³-hybridized carbons (Fsp3) is 0.579. The first-order valence-electron chi connectivity index (χ1n) is 9.36. The van der Waals surface area contributed by atoms with Gasteiger partial charge in [-0.25, -0.2) is 13.1 Å². The predicted octanol–water partition coefficient (Wildman–Crippen LogP) is 1.78. The van der Waals surface area contributed by atoms with Crippen molar-refractivity contribution in [3.8, 4) is 0 Å². The van der Waals surface area contributed by atoms with Crippen molar-refractivity contribution in [3.05, 3.63) is 28.8 Å². The van der Waals surface area contributed by atoms with E-state index in [1.807, 2.05) is 20.8 Å². The Hall–Kier alpha value is -1.68. The van der Waals surface area contributed by atoms with E-state index < -0.39 is 21.5 Å². The van der Waals surface area contributed by atoms with Gasteiger partial charge in [0.05, 0.1) is 17.7 Å². The molecule has 1 aliphatic rings. The average molecular weight is 446 g/mol. The monoisotopic (exact) mass is 445 g/mol. The van der Waals surface area contributed by atoms with E-state index in [1.54, 1.807) is 0 Å². The minimum Gasteiger partial charge on any atom is -0.377 e. The molecule has 0 bridgehead atoms. The van der Waals surface area contributed by atoms with Crippen molar-refractivity contribution in [2.24, 2.45) is 0 Å². The van der Waals surface area contributed by atoms with Gasteiger partial charge < -0.3 is 15.0 Å². The molecule has 0 radical (unpaired) electrons.